The first kappa shape index (κ1) is 17.1. The van der Waals surface area contributed by atoms with E-state index in [0.717, 1.165) is 11.5 Å². The Morgan fingerprint density at radius 1 is 1.20 bits per heavy atom. The number of hydrogen-bond donors (Lipinski definition) is 3. The van der Waals surface area contributed by atoms with E-state index in [4.69, 9.17) is 4.74 Å². The molecule has 1 heterocycles. The van der Waals surface area contributed by atoms with Crippen molar-refractivity contribution in [3.05, 3.63) is 52.8 Å². The number of aromatic nitrogens is 1. The van der Waals surface area contributed by atoms with Gasteiger partial charge >= 0.3 is 0 Å². The maximum atomic E-state index is 12.0. The third-order valence-electron chi connectivity index (χ3n) is 4.24. The van der Waals surface area contributed by atoms with E-state index >= 15 is 0 Å². The Balaban J connectivity index is 1.73. The number of aromatic amines is 1. The number of amides is 2. The second-order valence-electron chi connectivity index (χ2n) is 6.17. The van der Waals surface area contributed by atoms with Crippen LogP contribution in [0.1, 0.15) is 57.8 Å². The Morgan fingerprint density at radius 2 is 1.92 bits per heavy atom. The predicted molar refractivity (Wildman–Crippen MR) is 94.9 cm³/mol. The molecule has 25 heavy (non-hydrogen) atoms. The molecule has 2 aromatic rings. The summed E-state index contributed by atoms with van der Waals surface area (Å²) in [5, 5.41) is 5.25. The zero-order valence-electron chi connectivity index (χ0n) is 14.5. The van der Waals surface area contributed by atoms with Crippen LogP contribution in [0, 0.1) is 0 Å². The van der Waals surface area contributed by atoms with Gasteiger partial charge in [0.1, 0.15) is 18.0 Å². The van der Waals surface area contributed by atoms with Gasteiger partial charge in [-0.2, -0.15) is 0 Å². The lowest BCUT2D eigenvalue weighted by molar-refractivity contribution is 0.0951. The van der Waals surface area contributed by atoms with E-state index < -0.39 is 0 Å². The number of ether oxygens (including phenoxy) is 1. The second-order valence-corrected chi connectivity index (χ2v) is 6.17. The van der Waals surface area contributed by atoms with Gasteiger partial charge in [-0.1, -0.05) is 24.3 Å². The largest absolute Gasteiger partial charge is 0.486 e. The van der Waals surface area contributed by atoms with Gasteiger partial charge in [-0.15, -0.1) is 0 Å². The fraction of sp³-hybridized carbons (Fsp3) is 0.368. The predicted octanol–water partition coefficient (Wildman–Crippen LogP) is 2.58. The van der Waals surface area contributed by atoms with Gasteiger partial charge in [0.05, 0.1) is 0 Å². The van der Waals surface area contributed by atoms with Gasteiger partial charge in [0.25, 0.3) is 11.8 Å². The summed E-state index contributed by atoms with van der Waals surface area (Å²) >= 11 is 0. The van der Waals surface area contributed by atoms with Crippen molar-refractivity contribution >= 4 is 11.8 Å². The number of carbonyl (C=O) groups is 2. The minimum Gasteiger partial charge on any atom is -0.486 e. The van der Waals surface area contributed by atoms with Crippen molar-refractivity contribution in [2.24, 2.45) is 0 Å². The number of H-pyrrole nitrogens is 1. The molecule has 1 aliphatic rings. The van der Waals surface area contributed by atoms with Gasteiger partial charge in [0, 0.05) is 19.7 Å². The van der Waals surface area contributed by atoms with Crippen LogP contribution in [0.4, 0.5) is 0 Å². The highest BCUT2D eigenvalue weighted by Crippen LogP contribution is 2.39. The molecule has 0 bridgehead atoms. The molecule has 0 radical (unpaired) electrons. The molecule has 1 aromatic heterocycles. The average Bonchev–Trinajstić information content (AvgIpc) is 3.39. The summed E-state index contributed by atoms with van der Waals surface area (Å²) in [6.45, 7) is 2.68. The monoisotopic (exact) mass is 341 g/mol. The molecule has 3 N–H and O–H groups in total. The van der Waals surface area contributed by atoms with Crippen molar-refractivity contribution in [1.82, 2.24) is 15.6 Å². The maximum Gasteiger partial charge on any atom is 0.271 e. The summed E-state index contributed by atoms with van der Waals surface area (Å²) < 4.78 is 5.80. The SMILES string of the molecule is CCNC(=O)c1cc(OCc2ccc(C3CC3)cc2)c(C(=O)NC)[nH]1. The number of nitrogens with one attached hydrogen (secondary N) is 3. The number of hydrogen-bond acceptors (Lipinski definition) is 3. The van der Waals surface area contributed by atoms with Crippen LogP contribution in [-0.4, -0.2) is 30.4 Å². The normalized spacial score (nSPS) is 13.4. The fourth-order valence-electron chi connectivity index (χ4n) is 2.68. The van der Waals surface area contributed by atoms with Crippen molar-refractivity contribution in [2.75, 3.05) is 13.6 Å². The number of rotatable bonds is 7. The summed E-state index contributed by atoms with van der Waals surface area (Å²) in [7, 11) is 1.54. The highest BCUT2D eigenvalue weighted by molar-refractivity contribution is 5.99. The van der Waals surface area contributed by atoms with Gasteiger partial charge in [-0.25, -0.2) is 0 Å². The van der Waals surface area contributed by atoms with E-state index in [-0.39, 0.29) is 17.5 Å². The lowest BCUT2D eigenvalue weighted by Crippen LogP contribution is -2.23. The first-order valence-electron chi connectivity index (χ1n) is 8.57. The molecule has 1 saturated carbocycles. The molecule has 6 nitrogen and oxygen atoms in total. The molecular formula is C19H23N3O3. The minimum atomic E-state index is -0.324. The van der Waals surface area contributed by atoms with E-state index in [0.29, 0.717) is 24.6 Å². The minimum absolute atomic E-state index is 0.248. The van der Waals surface area contributed by atoms with E-state index in [1.54, 1.807) is 6.07 Å². The van der Waals surface area contributed by atoms with E-state index in [2.05, 4.69) is 27.8 Å². The second kappa shape index (κ2) is 7.42. The van der Waals surface area contributed by atoms with E-state index in [1.165, 1.54) is 25.5 Å². The summed E-state index contributed by atoms with van der Waals surface area (Å²) in [5.74, 6) is 0.497. The molecular weight excluding hydrogens is 318 g/mol. The Bertz CT molecular complexity index is 761. The van der Waals surface area contributed by atoms with Crippen molar-refractivity contribution in [3.8, 4) is 5.75 Å². The van der Waals surface area contributed by atoms with Crippen molar-refractivity contribution < 1.29 is 14.3 Å². The van der Waals surface area contributed by atoms with E-state index in [1.807, 2.05) is 19.1 Å². The van der Waals surface area contributed by atoms with Gasteiger partial charge in [-0.3, -0.25) is 9.59 Å². The van der Waals surface area contributed by atoms with Gasteiger partial charge in [-0.05, 0) is 36.8 Å². The lowest BCUT2D eigenvalue weighted by atomic mass is 10.1. The van der Waals surface area contributed by atoms with Crippen LogP contribution in [0.3, 0.4) is 0 Å². The standard InChI is InChI=1S/C19H23N3O3/c1-3-21-18(23)15-10-16(17(22-15)19(24)20-2)25-11-12-4-6-13(7-5-12)14-8-9-14/h4-7,10,14,22H,3,8-9,11H2,1-2H3,(H,20,24)(H,21,23). The number of carbonyl (C=O) groups excluding carboxylic acids is 2. The van der Waals surface area contributed by atoms with Crippen molar-refractivity contribution in [3.63, 3.8) is 0 Å². The highest BCUT2D eigenvalue weighted by Gasteiger charge is 2.23. The summed E-state index contributed by atoms with van der Waals surface area (Å²) in [6.07, 6.45) is 2.55. The maximum absolute atomic E-state index is 12.0. The summed E-state index contributed by atoms with van der Waals surface area (Å²) in [5.41, 5.74) is 2.95. The Kier molecular flexibility index (Phi) is 5.07. The molecule has 1 aliphatic carbocycles. The Hall–Kier alpha value is -2.76. The van der Waals surface area contributed by atoms with Crippen molar-refractivity contribution in [1.29, 1.82) is 0 Å². The van der Waals surface area contributed by atoms with Crippen LogP contribution in [0.15, 0.2) is 30.3 Å². The molecule has 0 saturated heterocycles. The molecule has 0 spiro atoms. The van der Waals surface area contributed by atoms with Crippen LogP contribution in [0.5, 0.6) is 5.75 Å². The molecule has 0 aliphatic heterocycles. The van der Waals surface area contributed by atoms with Crippen LogP contribution in [0.25, 0.3) is 0 Å². The fourth-order valence-corrected chi connectivity index (χ4v) is 2.68. The lowest BCUT2D eigenvalue weighted by Gasteiger charge is -2.07. The van der Waals surface area contributed by atoms with Crippen LogP contribution in [0.2, 0.25) is 0 Å². The third-order valence-corrected chi connectivity index (χ3v) is 4.24. The highest BCUT2D eigenvalue weighted by atomic mass is 16.5. The van der Waals surface area contributed by atoms with Crippen molar-refractivity contribution in [2.45, 2.75) is 32.3 Å². The Morgan fingerprint density at radius 3 is 2.52 bits per heavy atom. The molecule has 1 aromatic carbocycles. The number of benzene rings is 1. The topological polar surface area (TPSA) is 83.2 Å². The molecule has 132 valence electrons. The zero-order valence-corrected chi connectivity index (χ0v) is 14.5. The first-order valence-corrected chi connectivity index (χ1v) is 8.57. The molecule has 6 heteroatoms. The molecule has 0 unspecified atom stereocenters. The molecule has 2 amide bonds. The quantitative estimate of drug-likeness (QED) is 0.724. The zero-order chi connectivity index (χ0) is 17.8. The van der Waals surface area contributed by atoms with Crippen LogP contribution in [-0.2, 0) is 6.61 Å². The molecule has 3 rings (SSSR count). The summed E-state index contributed by atoms with van der Waals surface area (Å²) in [6, 6.07) is 9.92. The van der Waals surface area contributed by atoms with Gasteiger partial charge in [0.2, 0.25) is 0 Å². The average molecular weight is 341 g/mol. The van der Waals surface area contributed by atoms with Crippen LogP contribution >= 0.6 is 0 Å². The summed E-state index contributed by atoms with van der Waals surface area (Å²) in [4.78, 5) is 26.8. The smallest absolute Gasteiger partial charge is 0.271 e. The third kappa shape index (κ3) is 4.02. The van der Waals surface area contributed by atoms with Crippen LogP contribution < -0.4 is 15.4 Å². The van der Waals surface area contributed by atoms with Gasteiger partial charge in [0.15, 0.2) is 5.75 Å². The van der Waals surface area contributed by atoms with Gasteiger partial charge < -0.3 is 20.4 Å². The first-order chi connectivity index (χ1) is 12.1. The Labute approximate surface area is 147 Å². The molecule has 1 fully saturated rings. The molecule has 0 atom stereocenters. The van der Waals surface area contributed by atoms with E-state index in [9.17, 15) is 9.59 Å².